The van der Waals surface area contributed by atoms with E-state index in [0.29, 0.717) is 28.4 Å². The van der Waals surface area contributed by atoms with Gasteiger partial charge in [0.2, 0.25) is 0 Å². The number of carbonyl (C=O) groups is 2. The predicted octanol–water partition coefficient (Wildman–Crippen LogP) is 3.76. The molecule has 2 aromatic rings. The van der Waals surface area contributed by atoms with E-state index in [1.165, 1.54) is 23.5 Å². The first-order chi connectivity index (χ1) is 12.8. The zero-order valence-electron chi connectivity index (χ0n) is 13.9. The molecule has 10 heteroatoms. The van der Waals surface area contributed by atoms with Crippen molar-refractivity contribution in [1.82, 2.24) is 15.2 Å². The van der Waals surface area contributed by atoms with Crippen molar-refractivity contribution < 1.29 is 22.8 Å². The van der Waals surface area contributed by atoms with Crippen LogP contribution in [0.2, 0.25) is 0 Å². The van der Waals surface area contributed by atoms with Crippen molar-refractivity contribution in [3.63, 3.8) is 0 Å². The van der Waals surface area contributed by atoms with Gasteiger partial charge in [0, 0.05) is 16.7 Å². The number of benzene rings is 1. The fraction of sp³-hybridized carbons (Fsp3) is 0.353. The summed E-state index contributed by atoms with van der Waals surface area (Å²) >= 11 is 2.89. The van der Waals surface area contributed by atoms with Crippen molar-refractivity contribution >= 4 is 35.0 Å². The van der Waals surface area contributed by atoms with Gasteiger partial charge >= 0.3 is 12.2 Å². The number of hydrogen-bond acceptors (Lipinski definition) is 5. The van der Waals surface area contributed by atoms with Crippen LogP contribution in [0.3, 0.4) is 0 Å². The topological polar surface area (TPSA) is 62.3 Å². The average molecular weight is 413 g/mol. The molecule has 1 unspecified atom stereocenters. The number of thiazole rings is 1. The predicted molar refractivity (Wildman–Crippen MR) is 96.3 cm³/mol. The van der Waals surface area contributed by atoms with Gasteiger partial charge in [0.25, 0.3) is 5.91 Å². The lowest BCUT2D eigenvalue weighted by Gasteiger charge is -2.18. The van der Waals surface area contributed by atoms with Crippen LogP contribution >= 0.6 is 23.1 Å². The second kappa shape index (κ2) is 6.52. The van der Waals surface area contributed by atoms with Crippen LogP contribution in [0.15, 0.2) is 29.6 Å². The number of nitrogens with one attached hydrogen (secondary N) is 1. The molecule has 27 heavy (non-hydrogen) atoms. The molecule has 2 aliphatic heterocycles. The molecule has 1 aromatic heterocycles. The van der Waals surface area contributed by atoms with Crippen molar-refractivity contribution in [2.45, 2.75) is 24.7 Å². The standard InChI is InChI=1S/C17H14F3N3O2S2/c18-17(19,20)11-3-1-10(2-4-11)13-21-12(8-27-13)7-23-14(24)16(22-15(23)25)5-6-26-9-16/h1-4,8H,5-7,9H2,(H,22,25). The second-order valence-electron chi connectivity index (χ2n) is 6.43. The van der Waals surface area contributed by atoms with E-state index in [1.807, 2.05) is 0 Å². The number of thioether (sulfide) groups is 1. The largest absolute Gasteiger partial charge is 0.416 e. The molecule has 4 rings (SSSR count). The Balaban J connectivity index is 1.50. The van der Waals surface area contributed by atoms with Gasteiger partial charge in [0.15, 0.2) is 0 Å². The van der Waals surface area contributed by atoms with E-state index in [1.54, 1.807) is 17.1 Å². The smallest absolute Gasteiger partial charge is 0.322 e. The monoisotopic (exact) mass is 413 g/mol. The molecule has 2 aliphatic rings. The summed E-state index contributed by atoms with van der Waals surface area (Å²) in [4.78, 5) is 30.4. The SMILES string of the molecule is O=C1NC2(CCSC2)C(=O)N1Cc1csc(-c2ccc(C(F)(F)F)cc2)n1. The molecule has 0 bridgehead atoms. The molecule has 142 valence electrons. The molecular formula is C17H14F3N3O2S2. The number of halogens is 3. The first-order valence-electron chi connectivity index (χ1n) is 8.12. The van der Waals surface area contributed by atoms with Crippen molar-refractivity contribution in [3.8, 4) is 10.6 Å². The summed E-state index contributed by atoms with van der Waals surface area (Å²) in [7, 11) is 0. The van der Waals surface area contributed by atoms with Crippen LogP contribution in [-0.4, -0.2) is 38.9 Å². The van der Waals surface area contributed by atoms with Gasteiger partial charge in [0.1, 0.15) is 10.5 Å². The molecule has 0 saturated carbocycles. The van der Waals surface area contributed by atoms with Crippen LogP contribution in [0.5, 0.6) is 0 Å². The van der Waals surface area contributed by atoms with Gasteiger partial charge < -0.3 is 5.32 Å². The van der Waals surface area contributed by atoms with E-state index in [-0.39, 0.29) is 12.5 Å². The number of aromatic nitrogens is 1. The molecule has 2 saturated heterocycles. The lowest BCUT2D eigenvalue weighted by Crippen LogP contribution is -2.46. The summed E-state index contributed by atoms with van der Waals surface area (Å²) in [5, 5.41) is 5.04. The Morgan fingerprint density at radius 3 is 2.59 bits per heavy atom. The Hall–Kier alpha value is -2.07. The van der Waals surface area contributed by atoms with Crippen LogP contribution in [0, 0.1) is 0 Å². The minimum absolute atomic E-state index is 0.0498. The molecule has 0 radical (unpaired) electrons. The minimum atomic E-state index is -4.38. The summed E-state index contributed by atoms with van der Waals surface area (Å²) < 4.78 is 38.0. The maximum Gasteiger partial charge on any atom is 0.416 e. The highest BCUT2D eigenvalue weighted by Gasteiger charge is 2.52. The van der Waals surface area contributed by atoms with E-state index in [4.69, 9.17) is 0 Å². The van der Waals surface area contributed by atoms with Crippen LogP contribution in [0.1, 0.15) is 17.7 Å². The summed E-state index contributed by atoms with van der Waals surface area (Å²) in [5.74, 6) is 1.16. The molecule has 3 amide bonds. The van der Waals surface area contributed by atoms with E-state index in [2.05, 4.69) is 10.3 Å². The van der Waals surface area contributed by atoms with Gasteiger partial charge in [-0.1, -0.05) is 12.1 Å². The number of carbonyl (C=O) groups excluding carboxylic acids is 2. The highest BCUT2D eigenvalue weighted by molar-refractivity contribution is 7.99. The molecule has 3 heterocycles. The minimum Gasteiger partial charge on any atom is -0.322 e. The van der Waals surface area contributed by atoms with Crippen molar-refractivity contribution in [1.29, 1.82) is 0 Å². The number of urea groups is 1. The highest BCUT2D eigenvalue weighted by Crippen LogP contribution is 2.35. The van der Waals surface area contributed by atoms with E-state index in [0.717, 1.165) is 22.8 Å². The van der Waals surface area contributed by atoms with Gasteiger partial charge in [-0.25, -0.2) is 9.78 Å². The number of hydrogen-bond donors (Lipinski definition) is 1. The lowest BCUT2D eigenvalue weighted by atomic mass is 9.99. The Bertz CT molecular complexity index is 890. The first-order valence-corrected chi connectivity index (χ1v) is 10.2. The number of imide groups is 1. The number of amides is 3. The third-order valence-electron chi connectivity index (χ3n) is 4.60. The van der Waals surface area contributed by atoms with Gasteiger partial charge in [-0.15, -0.1) is 11.3 Å². The van der Waals surface area contributed by atoms with Crippen LogP contribution in [0.4, 0.5) is 18.0 Å². The third kappa shape index (κ3) is 3.31. The molecule has 1 N–H and O–H groups in total. The zero-order chi connectivity index (χ0) is 19.2. The van der Waals surface area contributed by atoms with E-state index >= 15 is 0 Å². The maximum atomic E-state index is 12.7. The van der Waals surface area contributed by atoms with Crippen LogP contribution < -0.4 is 5.32 Å². The van der Waals surface area contributed by atoms with E-state index < -0.39 is 23.3 Å². The van der Waals surface area contributed by atoms with Gasteiger partial charge in [-0.05, 0) is 24.3 Å². The zero-order valence-corrected chi connectivity index (χ0v) is 15.5. The van der Waals surface area contributed by atoms with Crippen molar-refractivity contribution in [3.05, 3.63) is 40.9 Å². The molecule has 1 spiro atoms. The Kier molecular flexibility index (Phi) is 4.42. The Labute approximate surface area is 161 Å². The molecule has 1 atom stereocenters. The lowest BCUT2D eigenvalue weighted by molar-refractivity contribution is -0.137. The van der Waals surface area contributed by atoms with Gasteiger partial charge in [0.05, 0.1) is 17.8 Å². The summed E-state index contributed by atoms with van der Waals surface area (Å²) in [6, 6.07) is 4.32. The third-order valence-corrected chi connectivity index (χ3v) is 6.73. The van der Waals surface area contributed by atoms with Crippen LogP contribution in [0.25, 0.3) is 10.6 Å². The fourth-order valence-electron chi connectivity index (χ4n) is 3.13. The second-order valence-corrected chi connectivity index (χ2v) is 8.39. The number of alkyl halides is 3. The molecule has 0 aliphatic carbocycles. The molecule has 1 aromatic carbocycles. The number of rotatable bonds is 3. The fourth-order valence-corrected chi connectivity index (χ4v) is 5.27. The maximum absolute atomic E-state index is 12.7. The quantitative estimate of drug-likeness (QED) is 0.779. The summed E-state index contributed by atoms with van der Waals surface area (Å²) in [6.45, 7) is 0.0498. The summed E-state index contributed by atoms with van der Waals surface area (Å²) in [6.07, 6.45) is -3.77. The first kappa shape index (κ1) is 18.3. The molecule has 2 fully saturated rings. The van der Waals surface area contributed by atoms with Gasteiger partial charge in [-0.3, -0.25) is 9.69 Å². The normalized spacial score (nSPS) is 22.7. The molecule has 5 nitrogen and oxygen atoms in total. The summed E-state index contributed by atoms with van der Waals surface area (Å²) in [5.41, 5.74) is -0.433. The van der Waals surface area contributed by atoms with Crippen molar-refractivity contribution in [2.24, 2.45) is 0 Å². The Morgan fingerprint density at radius 1 is 1.22 bits per heavy atom. The van der Waals surface area contributed by atoms with Crippen LogP contribution in [-0.2, 0) is 17.5 Å². The number of nitrogens with zero attached hydrogens (tertiary/aromatic N) is 2. The Morgan fingerprint density at radius 2 is 1.96 bits per heavy atom. The average Bonchev–Trinajstić information content (AvgIpc) is 3.33. The van der Waals surface area contributed by atoms with Crippen molar-refractivity contribution in [2.75, 3.05) is 11.5 Å². The highest BCUT2D eigenvalue weighted by atomic mass is 32.2. The van der Waals surface area contributed by atoms with E-state index in [9.17, 15) is 22.8 Å². The molecular weight excluding hydrogens is 399 g/mol. The van der Waals surface area contributed by atoms with Gasteiger partial charge in [-0.2, -0.15) is 24.9 Å².